The molecule has 1 fully saturated rings. The summed E-state index contributed by atoms with van der Waals surface area (Å²) in [7, 11) is 5.23. The molecule has 0 spiro atoms. The fourth-order valence-electron chi connectivity index (χ4n) is 5.62. The molecule has 14 heteroatoms. The van der Waals surface area contributed by atoms with E-state index in [9.17, 15) is 27.6 Å². The average Bonchev–Trinajstić information content (AvgIpc) is 3.43. The molecule has 0 bridgehead atoms. The Labute approximate surface area is 266 Å². The van der Waals surface area contributed by atoms with E-state index in [1.165, 1.54) is 22.9 Å². The van der Waals surface area contributed by atoms with Crippen LogP contribution in [0.15, 0.2) is 59.5 Å². The summed E-state index contributed by atoms with van der Waals surface area (Å²) in [5.74, 6) is -3.72. The number of halogens is 3. The van der Waals surface area contributed by atoms with Gasteiger partial charge in [-0.2, -0.15) is 0 Å². The van der Waals surface area contributed by atoms with Gasteiger partial charge in [-0.3, -0.25) is 19.8 Å². The summed E-state index contributed by atoms with van der Waals surface area (Å²) < 4.78 is 49.8. The van der Waals surface area contributed by atoms with Gasteiger partial charge in [-0.25, -0.2) is 22.9 Å². The van der Waals surface area contributed by atoms with Gasteiger partial charge < -0.3 is 19.5 Å². The van der Waals surface area contributed by atoms with Crippen LogP contribution in [0.1, 0.15) is 34.9 Å². The number of hydrogen-bond acceptors (Lipinski definition) is 8. The summed E-state index contributed by atoms with van der Waals surface area (Å²) in [6, 6.07) is 11.8. The van der Waals surface area contributed by atoms with E-state index < -0.39 is 29.4 Å². The first-order valence-corrected chi connectivity index (χ1v) is 15.4. The number of fused-ring (bicyclic) bond motifs is 1. The molecule has 2 amide bonds. The highest BCUT2D eigenvalue weighted by Crippen LogP contribution is 2.46. The van der Waals surface area contributed by atoms with Crippen molar-refractivity contribution in [1.29, 1.82) is 0 Å². The van der Waals surface area contributed by atoms with E-state index in [1.54, 1.807) is 31.1 Å². The third-order valence-corrected chi connectivity index (χ3v) is 9.24. The molecule has 1 saturated heterocycles. The van der Waals surface area contributed by atoms with Gasteiger partial charge in [-0.05, 0) is 55.8 Å². The van der Waals surface area contributed by atoms with Crippen molar-refractivity contribution in [3.8, 4) is 16.3 Å². The fourth-order valence-corrected chi connectivity index (χ4v) is 6.72. The number of ether oxygens (including phenoxy) is 1. The normalized spacial score (nSPS) is 17.8. The number of thiophene rings is 1. The first-order valence-electron chi connectivity index (χ1n) is 14.6. The molecule has 6 rings (SSSR count). The average molecular weight is 653 g/mol. The highest BCUT2D eigenvalue weighted by atomic mass is 32.1. The maximum absolute atomic E-state index is 14.7. The summed E-state index contributed by atoms with van der Waals surface area (Å²) in [4.78, 5) is 46.9. The lowest BCUT2D eigenvalue weighted by molar-refractivity contribution is -0.139. The van der Waals surface area contributed by atoms with E-state index in [1.807, 2.05) is 24.1 Å². The van der Waals surface area contributed by atoms with Crippen molar-refractivity contribution in [2.45, 2.75) is 31.2 Å². The number of carbonyl (C=O) groups is 2. The van der Waals surface area contributed by atoms with Gasteiger partial charge in [0.25, 0.3) is 11.5 Å². The highest BCUT2D eigenvalue weighted by molar-refractivity contribution is 7.14. The van der Waals surface area contributed by atoms with Crippen molar-refractivity contribution in [3.05, 3.63) is 86.9 Å². The van der Waals surface area contributed by atoms with E-state index in [4.69, 9.17) is 4.74 Å². The van der Waals surface area contributed by atoms with Crippen molar-refractivity contribution in [2.24, 2.45) is 7.05 Å². The second-order valence-electron chi connectivity index (χ2n) is 11.5. The molecule has 2 N–H and O–H groups in total. The van der Waals surface area contributed by atoms with Gasteiger partial charge in [0, 0.05) is 67.6 Å². The van der Waals surface area contributed by atoms with Crippen LogP contribution in [0, 0.1) is 5.82 Å². The Bertz CT molecular complexity index is 1880. The zero-order valence-corrected chi connectivity index (χ0v) is 26.1. The first kappa shape index (κ1) is 31.3. The van der Waals surface area contributed by atoms with Crippen LogP contribution in [0.4, 0.5) is 35.2 Å². The van der Waals surface area contributed by atoms with Gasteiger partial charge in [0.2, 0.25) is 5.91 Å². The molecule has 240 valence electrons. The number of piperazine rings is 1. The standard InChI is InChI=1S/C32H31F3N6O4S/c1-39-13-14-40(2)29(42)27(39)18-6-9-20(10-7-18)36-28-30(43)41(3)17-24(37-28)19-8-11-22(33)23(15-19)38-31(44)45-26-16-21-25(46-26)5-4-12-32(21,34)35/h6-11,15-17,27H,4-5,12-14H2,1-3H3,(H,36,37)(H,38,44). The molecule has 4 aromatic rings. The van der Waals surface area contributed by atoms with Crippen molar-refractivity contribution < 1.29 is 27.5 Å². The van der Waals surface area contributed by atoms with Crippen LogP contribution in [-0.2, 0) is 24.2 Å². The second-order valence-corrected chi connectivity index (χ2v) is 12.5. The van der Waals surface area contributed by atoms with E-state index in [-0.39, 0.29) is 34.5 Å². The molecule has 2 aromatic heterocycles. The van der Waals surface area contributed by atoms with E-state index in [0.717, 1.165) is 35.6 Å². The van der Waals surface area contributed by atoms with Gasteiger partial charge in [0.15, 0.2) is 10.9 Å². The Morgan fingerprint density at radius 3 is 2.57 bits per heavy atom. The van der Waals surface area contributed by atoms with E-state index in [2.05, 4.69) is 15.6 Å². The number of rotatable bonds is 6. The van der Waals surface area contributed by atoms with Crippen LogP contribution in [-0.4, -0.2) is 58.5 Å². The molecule has 46 heavy (non-hydrogen) atoms. The number of alkyl halides is 2. The highest BCUT2D eigenvalue weighted by Gasteiger charge is 2.38. The number of hydrogen-bond donors (Lipinski definition) is 2. The minimum atomic E-state index is -2.98. The molecule has 10 nitrogen and oxygen atoms in total. The molecule has 3 heterocycles. The number of benzene rings is 2. The smallest absolute Gasteiger partial charge is 0.399 e. The Hall–Kier alpha value is -4.69. The Balaban J connectivity index is 1.19. The number of carbonyl (C=O) groups excluding carboxylic acids is 2. The van der Waals surface area contributed by atoms with E-state index >= 15 is 0 Å². The fraction of sp³-hybridized carbons (Fsp3) is 0.312. The Kier molecular flexibility index (Phi) is 8.33. The molecule has 1 aliphatic carbocycles. The third kappa shape index (κ3) is 6.22. The summed E-state index contributed by atoms with van der Waals surface area (Å²) in [5.41, 5.74) is 1.32. The summed E-state index contributed by atoms with van der Waals surface area (Å²) in [6.45, 7) is 1.41. The van der Waals surface area contributed by atoms with Gasteiger partial charge >= 0.3 is 6.09 Å². The molecule has 1 atom stereocenters. The molecular formula is C32H31F3N6O4S. The Morgan fingerprint density at radius 1 is 1.07 bits per heavy atom. The van der Waals surface area contributed by atoms with Gasteiger partial charge in [-0.1, -0.05) is 12.1 Å². The molecular weight excluding hydrogens is 621 g/mol. The lowest BCUT2D eigenvalue weighted by Crippen LogP contribution is -2.48. The minimum Gasteiger partial charge on any atom is -0.399 e. The lowest BCUT2D eigenvalue weighted by Gasteiger charge is -2.37. The predicted octanol–water partition coefficient (Wildman–Crippen LogP) is 5.88. The number of nitrogens with zero attached hydrogens (tertiary/aromatic N) is 4. The third-order valence-electron chi connectivity index (χ3n) is 8.17. The number of aromatic nitrogens is 2. The maximum atomic E-state index is 14.7. The van der Waals surface area contributed by atoms with Gasteiger partial charge in [0.05, 0.1) is 11.4 Å². The maximum Gasteiger partial charge on any atom is 0.417 e. The summed E-state index contributed by atoms with van der Waals surface area (Å²) >= 11 is 0.969. The van der Waals surface area contributed by atoms with Crippen LogP contribution in [0.2, 0.25) is 0 Å². The monoisotopic (exact) mass is 652 g/mol. The van der Waals surface area contributed by atoms with Crippen molar-refractivity contribution in [1.82, 2.24) is 19.4 Å². The number of amides is 2. The second kappa shape index (κ2) is 12.2. The topological polar surface area (TPSA) is 109 Å². The largest absolute Gasteiger partial charge is 0.417 e. The van der Waals surface area contributed by atoms with Crippen LogP contribution in [0.5, 0.6) is 5.06 Å². The molecule has 2 aromatic carbocycles. The molecule has 1 unspecified atom stereocenters. The van der Waals surface area contributed by atoms with Gasteiger partial charge in [0.1, 0.15) is 11.9 Å². The summed E-state index contributed by atoms with van der Waals surface area (Å²) in [5, 5.41) is 5.35. The number of likely N-dealkylation sites (N-methyl/N-ethyl adjacent to an activating group) is 2. The molecule has 0 saturated carbocycles. The number of anilines is 3. The summed E-state index contributed by atoms with van der Waals surface area (Å²) in [6.07, 6.45) is 0.989. The van der Waals surface area contributed by atoms with E-state index in [0.29, 0.717) is 41.2 Å². The zero-order chi connectivity index (χ0) is 32.7. The van der Waals surface area contributed by atoms with Crippen LogP contribution < -0.4 is 20.9 Å². The Morgan fingerprint density at radius 2 is 1.83 bits per heavy atom. The van der Waals surface area contributed by atoms with Crippen LogP contribution in [0.25, 0.3) is 11.3 Å². The molecule has 0 radical (unpaired) electrons. The van der Waals surface area contributed by atoms with Crippen LogP contribution >= 0.6 is 11.3 Å². The lowest BCUT2D eigenvalue weighted by atomic mass is 9.95. The minimum absolute atomic E-state index is 0.00573. The predicted molar refractivity (Wildman–Crippen MR) is 168 cm³/mol. The van der Waals surface area contributed by atoms with Crippen molar-refractivity contribution >= 4 is 40.5 Å². The van der Waals surface area contributed by atoms with Gasteiger partial charge in [-0.15, -0.1) is 11.3 Å². The molecule has 1 aliphatic heterocycles. The number of nitrogens with one attached hydrogen (secondary N) is 2. The SMILES string of the molecule is CN1CCN(C)C(c2ccc(Nc3nc(-c4ccc(F)c(NC(=O)Oc5cc6c(s5)CCCC6(F)F)c4)cn(C)c3=O)cc2)C1=O. The quantitative estimate of drug-likeness (QED) is 0.268. The first-order chi connectivity index (χ1) is 21.9. The van der Waals surface area contributed by atoms with Crippen molar-refractivity contribution in [2.75, 3.05) is 37.8 Å². The molecule has 2 aliphatic rings. The number of aryl methyl sites for hydroxylation is 2. The van der Waals surface area contributed by atoms with Crippen LogP contribution in [0.3, 0.4) is 0 Å². The van der Waals surface area contributed by atoms with Crippen molar-refractivity contribution in [3.63, 3.8) is 0 Å². The zero-order valence-electron chi connectivity index (χ0n) is 25.3.